The van der Waals surface area contributed by atoms with Crippen molar-refractivity contribution in [3.05, 3.63) is 90.0 Å². The van der Waals surface area contributed by atoms with Gasteiger partial charge in [-0.1, -0.05) is 30.3 Å². The van der Waals surface area contributed by atoms with E-state index in [0.717, 1.165) is 5.69 Å². The Balaban J connectivity index is 1.78. The number of carbonyl (C=O) groups is 1. The Kier molecular flexibility index (Phi) is 4.29. The molecule has 4 nitrogen and oxygen atoms in total. The fourth-order valence-electron chi connectivity index (χ4n) is 2.19. The van der Waals surface area contributed by atoms with Gasteiger partial charge in [0, 0.05) is 18.0 Å². The van der Waals surface area contributed by atoms with Gasteiger partial charge in [0.05, 0.1) is 17.5 Å². The van der Waals surface area contributed by atoms with Crippen molar-refractivity contribution in [1.82, 2.24) is 9.99 Å². The highest BCUT2D eigenvalue weighted by atomic mass is 19.1. The maximum atomic E-state index is 13.5. The first-order valence-electron chi connectivity index (χ1n) is 7.06. The van der Waals surface area contributed by atoms with Gasteiger partial charge in [0.25, 0.3) is 5.91 Å². The van der Waals surface area contributed by atoms with Crippen LogP contribution in [0.3, 0.4) is 0 Å². The van der Waals surface area contributed by atoms with Crippen LogP contribution in [0.25, 0.3) is 5.69 Å². The van der Waals surface area contributed by atoms with Crippen molar-refractivity contribution >= 4 is 12.1 Å². The summed E-state index contributed by atoms with van der Waals surface area (Å²) in [5.41, 5.74) is 3.97. The maximum Gasteiger partial charge on any atom is 0.273 e. The first-order valence-corrected chi connectivity index (χ1v) is 7.06. The van der Waals surface area contributed by atoms with Crippen LogP contribution in [0, 0.1) is 5.82 Å². The molecule has 1 amide bonds. The minimum Gasteiger partial charge on any atom is -0.323 e. The molecule has 0 fully saturated rings. The molecule has 3 rings (SSSR count). The van der Waals surface area contributed by atoms with Crippen molar-refractivity contribution in [1.29, 1.82) is 0 Å². The molecule has 3 aromatic rings. The van der Waals surface area contributed by atoms with E-state index < -0.39 is 5.82 Å². The van der Waals surface area contributed by atoms with E-state index in [1.807, 2.05) is 41.2 Å². The molecule has 0 atom stereocenters. The third kappa shape index (κ3) is 3.35. The monoisotopic (exact) mass is 307 g/mol. The molecule has 1 aromatic heterocycles. The molecular formula is C18H14FN3O. The molecule has 0 saturated carbocycles. The summed E-state index contributed by atoms with van der Waals surface area (Å²) in [4.78, 5) is 12.3. The Morgan fingerprint density at radius 1 is 1.00 bits per heavy atom. The van der Waals surface area contributed by atoms with Crippen LogP contribution < -0.4 is 5.43 Å². The van der Waals surface area contributed by atoms with Crippen molar-refractivity contribution in [3.8, 4) is 5.69 Å². The summed E-state index contributed by atoms with van der Waals surface area (Å²) >= 11 is 0. The van der Waals surface area contributed by atoms with Gasteiger partial charge in [-0.05, 0) is 30.3 Å². The highest BCUT2D eigenvalue weighted by Gasteiger charge is 2.10. The molecule has 0 saturated heterocycles. The lowest BCUT2D eigenvalue weighted by atomic mass is 10.1. The lowest BCUT2D eigenvalue weighted by Gasteiger charge is -2.09. The van der Waals surface area contributed by atoms with Crippen LogP contribution in [-0.2, 0) is 0 Å². The number of amides is 1. The lowest BCUT2D eigenvalue weighted by Crippen LogP contribution is -2.19. The quantitative estimate of drug-likeness (QED) is 0.583. The Morgan fingerprint density at radius 2 is 1.70 bits per heavy atom. The first kappa shape index (κ1) is 14.7. The van der Waals surface area contributed by atoms with Gasteiger partial charge in [0.2, 0.25) is 0 Å². The topological polar surface area (TPSA) is 46.4 Å². The number of hydrogen-bond donors (Lipinski definition) is 1. The van der Waals surface area contributed by atoms with Crippen LogP contribution >= 0.6 is 0 Å². The summed E-state index contributed by atoms with van der Waals surface area (Å²) in [5.74, 6) is -0.750. The molecule has 0 aliphatic rings. The average Bonchev–Trinajstić information content (AvgIpc) is 3.11. The van der Waals surface area contributed by atoms with Gasteiger partial charge in [-0.2, -0.15) is 5.10 Å². The molecule has 0 radical (unpaired) electrons. The predicted molar refractivity (Wildman–Crippen MR) is 87.2 cm³/mol. The second-order valence-corrected chi connectivity index (χ2v) is 4.83. The van der Waals surface area contributed by atoms with Crippen LogP contribution in [0.15, 0.2) is 78.2 Å². The van der Waals surface area contributed by atoms with E-state index in [-0.39, 0.29) is 5.91 Å². The molecule has 2 aromatic carbocycles. The van der Waals surface area contributed by atoms with E-state index in [4.69, 9.17) is 0 Å². The number of aromatic nitrogens is 1. The molecule has 5 heteroatoms. The summed E-state index contributed by atoms with van der Waals surface area (Å²) < 4.78 is 15.3. The lowest BCUT2D eigenvalue weighted by molar-refractivity contribution is 0.0955. The average molecular weight is 307 g/mol. The van der Waals surface area contributed by atoms with Gasteiger partial charge in [0.15, 0.2) is 0 Å². The molecular weight excluding hydrogens is 293 g/mol. The van der Waals surface area contributed by atoms with E-state index in [1.54, 1.807) is 30.3 Å². The van der Waals surface area contributed by atoms with Crippen LogP contribution in [-0.4, -0.2) is 16.7 Å². The molecule has 0 unspecified atom stereocenters. The number of halogens is 1. The summed E-state index contributed by atoms with van der Waals surface area (Å²) in [5, 5.41) is 3.83. The van der Waals surface area contributed by atoms with E-state index in [2.05, 4.69) is 10.5 Å². The SMILES string of the molecule is O=C(N/N=C\c1ccccc1F)c1ccccc1-n1cccc1. The number of hydrazone groups is 1. The largest absolute Gasteiger partial charge is 0.323 e. The van der Waals surface area contributed by atoms with Gasteiger partial charge in [-0.25, -0.2) is 9.82 Å². The molecule has 0 aliphatic carbocycles. The summed E-state index contributed by atoms with van der Waals surface area (Å²) in [7, 11) is 0. The summed E-state index contributed by atoms with van der Waals surface area (Å²) in [6, 6.07) is 17.2. The number of carbonyl (C=O) groups excluding carboxylic acids is 1. The predicted octanol–water partition coefficient (Wildman–Crippen LogP) is 3.38. The van der Waals surface area contributed by atoms with Gasteiger partial charge in [-0.15, -0.1) is 0 Å². The van der Waals surface area contributed by atoms with Crippen molar-refractivity contribution < 1.29 is 9.18 Å². The van der Waals surface area contributed by atoms with E-state index in [9.17, 15) is 9.18 Å². The molecule has 0 aliphatic heterocycles. The van der Waals surface area contributed by atoms with Crippen LogP contribution in [0.5, 0.6) is 0 Å². The normalized spacial score (nSPS) is 10.8. The number of nitrogens with zero attached hydrogens (tertiary/aromatic N) is 2. The van der Waals surface area contributed by atoms with Gasteiger partial charge in [-0.3, -0.25) is 4.79 Å². The van der Waals surface area contributed by atoms with E-state index >= 15 is 0 Å². The standard InChI is InChI=1S/C18H14FN3O/c19-16-9-3-1-7-14(16)13-20-21-18(23)15-8-2-4-10-17(15)22-11-5-6-12-22/h1-13H,(H,21,23)/b20-13-. The molecule has 1 heterocycles. The third-order valence-corrected chi connectivity index (χ3v) is 3.31. The fraction of sp³-hybridized carbons (Fsp3) is 0. The number of nitrogens with one attached hydrogen (secondary N) is 1. The number of hydrogen-bond acceptors (Lipinski definition) is 2. The minimum atomic E-state index is -0.391. The zero-order valence-corrected chi connectivity index (χ0v) is 12.2. The highest BCUT2D eigenvalue weighted by molar-refractivity contribution is 5.98. The summed E-state index contributed by atoms with van der Waals surface area (Å²) in [6.45, 7) is 0. The van der Waals surface area contributed by atoms with Crippen molar-refractivity contribution in [3.63, 3.8) is 0 Å². The molecule has 114 valence electrons. The third-order valence-electron chi connectivity index (χ3n) is 3.31. The Labute approximate surface area is 132 Å². The van der Waals surface area contributed by atoms with Crippen LogP contribution in [0.2, 0.25) is 0 Å². The second kappa shape index (κ2) is 6.70. The molecule has 0 spiro atoms. The van der Waals surface area contributed by atoms with Crippen LogP contribution in [0.4, 0.5) is 4.39 Å². The van der Waals surface area contributed by atoms with E-state index in [0.29, 0.717) is 11.1 Å². The Bertz CT molecular complexity index is 841. The number of para-hydroxylation sites is 1. The highest BCUT2D eigenvalue weighted by Crippen LogP contribution is 2.14. The molecule has 0 bridgehead atoms. The Morgan fingerprint density at radius 3 is 2.48 bits per heavy atom. The molecule has 1 N–H and O–H groups in total. The minimum absolute atomic E-state index is 0.312. The van der Waals surface area contributed by atoms with Crippen molar-refractivity contribution in [2.45, 2.75) is 0 Å². The Hall–Kier alpha value is -3.21. The number of rotatable bonds is 4. The van der Waals surface area contributed by atoms with Gasteiger partial charge >= 0.3 is 0 Å². The smallest absolute Gasteiger partial charge is 0.273 e. The van der Waals surface area contributed by atoms with Gasteiger partial charge in [0.1, 0.15) is 5.82 Å². The fourth-order valence-corrected chi connectivity index (χ4v) is 2.19. The summed E-state index contributed by atoms with van der Waals surface area (Å²) in [6.07, 6.45) is 4.99. The zero-order chi connectivity index (χ0) is 16.1. The first-order chi connectivity index (χ1) is 11.3. The second-order valence-electron chi connectivity index (χ2n) is 4.83. The zero-order valence-electron chi connectivity index (χ0n) is 12.2. The van der Waals surface area contributed by atoms with Crippen molar-refractivity contribution in [2.24, 2.45) is 5.10 Å². The van der Waals surface area contributed by atoms with E-state index in [1.165, 1.54) is 12.3 Å². The van der Waals surface area contributed by atoms with Gasteiger partial charge < -0.3 is 4.57 Å². The number of benzene rings is 2. The maximum absolute atomic E-state index is 13.5. The molecule has 23 heavy (non-hydrogen) atoms. The van der Waals surface area contributed by atoms with Crippen LogP contribution in [0.1, 0.15) is 15.9 Å². The van der Waals surface area contributed by atoms with Crippen molar-refractivity contribution in [2.75, 3.05) is 0 Å².